The fraction of sp³-hybridized carbons (Fsp3) is 0.118. The van der Waals surface area contributed by atoms with Gasteiger partial charge in [-0.25, -0.2) is 17.9 Å². The molecule has 0 fully saturated rings. The summed E-state index contributed by atoms with van der Waals surface area (Å²) in [5, 5.41) is 0.475. The Morgan fingerprint density at radius 2 is 1.06 bits per heavy atom. The summed E-state index contributed by atoms with van der Waals surface area (Å²) in [5.41, 5.74) is 5.45. The molecule has 244 valence electrons. The molecule has 0 atom stereocenters. The Morgan fingerprint density at radius 1 is 0.617 bits per heavy atom. The largest absolute Gasteiger partial charge is 0.308 e. The van der Waals surface area contributed by atoms with Gasteiger partial charge in [-0.2, -0.15) is 25.4 Å². The summed E-state index contributed by atoms with van der Waals surface area (Å²) >= 11 is 5.83. The Morgan fingerprint density at radius 3 is 1.53 bits per heavy atom. The van der Waals surface area contributed by atoms with E-state index in [0.29, 0.717) is 27.1 Å². The van der Waals surface area contributed by atoms with Crippen molar-refractivity contribution in [3.05, 3.63) is 138 Å². The zero-order valence-electron chi connectivity index (χ0n) is 26.3. The average Bonchev–Trinajstić information content (AvgIpc) is 3.70. The Balaban J connectivity index is 0.000000180. The lowest BCUT2D eigenvalue weighted by atomic mass is 10.1. The van der Waals surface area contributed by atoms with Crippen LogP contribution in [-0.4, -0.2) is 71.5 Å². The minimum atomic E-state index is -3.58. The molecule has 0 saturated carbocycles. The van der Waals surface area contributed by atoms with Crippen molar-refractivity contribution >= 4 is 72.3 Å². The van der Waals surface area contributed by atoms with Crippen LogP contribution in [0.2, 0.25) is 5.02 Å². The number of benzene rings is 4. The van der Waals surface area contributed by atoms with E-state index in [9.17, 15) is 16.8 Å². The molecule has 0 bridgehead atoms. The highest BCUT2D eigenvalue weighted by atomic mass is 35.5. The van der Waals surface area contributed by atoms with E-state index in [2.05, 4.69) is 16.5 Å². The SMILES string of the molecule is C=Cc1ccccc1.CN(C)S(=O)(=O)n1cnc2ccc(/C=C/c3ccccc3)cc21.CN(C)S(=O)(=O)n1cnc2ccc(Cl)cc21. The number of hydrogen-bond acceptors (Lipinski definition) is 6. The third-order valence-corrected chi connectivity index (χ3v) is 10.4. The number of hydrogen-bond donors (Lipinski definition) is 0. The quantitative estimate of drug-likeness (QED) is 0.176. The van der Waals surface area contributed by atoms with E-state index in [1.54, 1.807) is 18.2 Å². The molecule has 4 aromatic carbocycles. The van der Waals surface area contributed by atoms with Gasteiger partial charge in [0.2, 0.25) is 0 Å². The van der Waals surface area contributed by atoms with Crippen LogP contribution in [0.25, 0.3) is 40.3 Å². The molecule has 0 unspecified atom stereocenters. The molecule has 0 aliphatic carbocycles. The second-order valence-electron chi connectivity index (χ2n) is 10.4. The number of aromatic nitrogens is 4. The third-order valence-electron chi connectivity index (χ3n) is 6.74. The smallest absolute Gasteiger partial charge is 0.236 e. The number of halogens is 1. The van der Waals surface area contributed by atoms with Crippen LogP contribution in [0.1, 0.15) is 16.7 Å². The molecule has 6 aromatic rings. The van der Waals surface area contributed by atoms with Crippen LogP contribution in [0.5, 0.6) is 0 Å². The highest BCUT2D eigenvalue weighted by Gasteiger charge is 2.20. The maximum atomic E-state index is 12.3. The summed E-state index contributed by atoms with van der Waals surface area (Å²) < 4.78 is 53.1. The lowest BCUT2D eigenvalue weighted by molar-refractivity contribution is 0.511. The zero-order valence-corrected chi connectivity index (χ0v) is 28.7. The summed E-state index contributed by atoms with van der Waals surface area (Å²) in [4.78, 5) is 8.17. The van der Waals surface area contributed by atoms with Crippen molar-refractivity contribution in [2.24, 2.45) is 0 Å². The Kier molecular flexibility index (Phi) is 11.5. The molecular weight excluding hydrogens is 656 g/mol. The Labute approximate surface area is 280 Å². The zero-order chi connectivity index (χ0) is 34.2. The van der Waals surface area contributed by atoms with Gasteiger partial charge >= 0.3 is 20.4 Å². The van der Waals surface area contributed by atoms with Crippen LogP contribution >= 0.6 is 11.6 Å². The molecule has 0 amide bonds. The van der Waals surface area contributed by atoms with Gasteiger partial charge in [0.05, 0.1) is 22.1 Å². The minimum Gasteiger partial charge on any atom is -0.236 e. The van der Waals surface area contributed by atoms with Crippen molar-refractivity contribution < 1.29 is 16.8 Å². The first-order chi connectivity index (χ1) is 22.3. The number of nitrogens with zero attached hydrogens (tertiary/aromatic N) is 6. The molecule has 2 heterocycles. The van der Waals surface area contributed by atoms with Crippen molar-refractivity contribution in [2.75, 3.05) is 28.2 Å². The van der Waals surface area contributed by atoms with Crippen molar-refractivity contribution in [3.63, 3.8) is 0 Å². The standard InChI is InChI=1S/C17H17N3O2S.C9H10ClN3O2S.C8H8/c1-19(2)23(21,22)20-13-18-16-11-10-15(12-17(16)20)9-8-14-6-4-3-5-7-14;1-12(2)16(14,15)13-6-11-8-4-3-7(10)5-9(8)13;1-2-8-6-4-3-5-7-8/h3-13H,1-2H3;3-6H,1-2H3;2-7H,1H2/b9-8+;;. The van der Waals surface area contributed by atoms with Crippen molar-refractivity contribution in [2.45, 2.75) is 0 Å². The van der Waals surface area contributed by atoms with Crippen LogP contribution in [0, 0.1) is 0 Å². The normalized spacial score (nSPS) is 11.8. The first-order valence-electron chi connectivity index (χ1n) is 14.2. The number of fused-ring (bicyclic) bond motifs is 2. The van der Waals surface area contributed by atoms with Gasteiger partial charge in [-0.05, 0) is 47.0 Å². The topological polar surface area (TPSA) is 110 Å². The summed E-state index contributed by atoms with van der Waals surface area (Å²) in [6.45, 7) is 3.63. The van der Waals surface area contributed by atoms with E-state index >= 15 is 0 Å². The fourth-order valence-corrected chi connectivity index (χ4v) is 6.12. The van der Waals surface area contributed by atoms with E-state index in [1.165, 1.54) is 54.7 Å². The molecule has 13 heteroatoms. The van der Waals surface area contributed by atoms with Gasteiger partial charge in [0.25, 0.3) is 0 Å². The third kappa shape index (κ3) is 8.61. The number of imidazole rings is 2. The van der Waals surface area contributed by atoms with Gasteiger partial charge in [0, 0.05) is 33.2 Å². The molecule has 10 nitrogen and oxygen atoms in total. The van der Waals surface area contributed by atoms with Gasteiger partial charge in [-0.3, -0.25) is 0 Å². The fourth-order valence-electron chi connectivity index (χ4n) is 4.13. The molecule has 0 aliphatic rings. The second-order valence-corrected chi connectivity index (χ2v) is 14.9. The molecule has 0 radical (unpaired) electrons. The van der Waals surface area contributed by atoms with Crippen LogP contribution in [0.15, 0.2) is 116 Å². The van der Waals surface area contributed by atoms with E-state index in [1.807, 2.05) is 97.1 Å². The molecule has 0 spiro atoms. The highest BCUT2D eigenvalue weighted by Crippen LogP contribution is 2.21. The summed E-state index contributed by atoms with van der Waals surface area (Å²) in [6.07, 6.45) is 8.39. The Hall–Kier alpha value is -4.59. The van der Waals surface area contributed by atoms with Crippen LogP contribution in [0.4, 0.5) is 0 Å². The van der Waals surface area contributed by atoms with E-state index in [0.717, 1.165) is 19.4 Å². The lowest BCUT2D eigenvalue weighted by Gasteiger charge is -2.12. The van der Waals surface area contributed by atoms with Crippen molar-refractivity contribution in [1.29, 1.82) is 0 Å². The molecule has 0 N–H and O–H groups in total. The van der Waals surface area contributed by atoms with Crippen molar-refractivity contribution in [1.82, 2.24) is 26.5 Å². The monoisotopic (exact) mass is 690 g/mol. The molecule has 6 rings (SSSR count). The minimum absolute atomic E-state index is 0.473. The number of rotatable bonds is 7. The first-order valence-corrected chi connectivity index (χ1v) is 17.4. The maximum Gasteiger partial charge on any atom is 0.308 e. The molecule has 0 saturated heterocycles. The summed E-state index contributed by atoms with van der Waals surface area (Å²) in [6, 6.07) is 30.4. The van der Waals surface area contributed by atoms with E-state index in [-0.39, 0.29) is 0 Å². The molecule has 47 heavy (non-hydrogen) atoms. The predicted molar refractivity (Wildman–Crippen MR) is 192 cm³/mol. The van der Waals surface area contributed by atoms with Crippen molar-refractivity contribution in [3.8, 4) is 0 Å². The molecule has 2 aromatic heterocycles. The van der Waals surface area contributed by atoms with Gasteiger partial charge < -0.3 is 0 Å². The van der Waals surface area contributed by atoms with Crippen LogP contribution < -0.4 is 0 Å². The van der Waals surface area contributed by atoms with E-state index in [4.69, 9.17) is 11.6 Å². The van der Waals surface area contributed by atoms with Gasteiger partial charge in [-0.1, -0.05) is 103 Å². The van der Waals surface area contributed by atoms with Gasteiger partial charge in [0.15, 0.2) is 0 Å². The predicted octanol–water partition coefficient (Wildman–Crippen LogP) is 6.54. The van der Waals surface area contributed by atoms with Gasteiger partial charge in [-0.15, -0.1) is 0 Å². The lowest BCUT2D eigenvalue weighted by Crippen LogP contribution is -2.28. The Bertz CT molecular complexity index is 2210. The molecular formula is C34H35ClN6O4S2. The summed E-state index contributed by atoms with van der Waals surface area (Å²) in [5.74, 6) is 0. The van der Waals surface area contributed by atoms with E-state index < -0.39 is 20.4 Å². The second kappa shape index (κ2) is 15.3. The average molecular weight is 691 g/mol. The molecule has 0 aliphatic heterocycles. The highest BCUT2D eigenvalue weighted by molar-refractivity contribution is 7.88. The van der Waals surface area contributed by atoms with Gasteiger partial charge in [0.1, 0.15) is 12.7 Å². The summed E-state index contributed by atoms with van der Waals surface area (Å²) in [7, 11) is -1.20. The van der Waals surface area contributed by atoms with Crippen LogP contribution in [0.3, 0.4) is 0 Å². The first kappa shape index (κ1) is 35.3. The maximum absolute atomic E-state index is 12.3. The van der Waals surface area contributed by atoms with Crippen LogP contribution in [-0.2, 0) is 20.4 Å².